The fourth-order valence-corrected chi connectivity index (χ4v) is 4.55. The van der Waals surface area contributed by atoms with E-state index in [4.69, 9.17) is 13.9 Å². The first-order valence-electron chi connectivity index (χ1n) is 10.4. The molecule has 2 fully saturated rings. The molecule has 5 rings (SSSR count). The summed E-state index contributed by atoms with van der Waals surface area (Å²) in [4.78, 5) is 0. The summed E-state index contributed by atoms with van der Waals surface area (Å²) >= 11 is 0. The first-order valence-corrected chi connectivity index (χ1v) is 10.4. The number of hydrogen-bond donors (Lipinski definition) is 2. The van der Waals surface area contributed by atoms with E-state index in [-0.39, 0.29) is 12.1 Å². The van der Waals surface area contributed by atoms with Crippen molar-refractivity contribution < 1.29 is 13.9 Å². The number of hydrazine groups is 1. The first kappa shape index (κ1) is 19.2. The number of nitrogens with one attached hydrogen (secondary N) is 2. The highest BCUT2D eigenvalue weighted by Gasteiger charge is 2.44. The molecule has 2 aliphatic rings. The fraction of sp³-hybridized carbons (Fsp3) is 0.391. The van der Waals surface area contributed by atoms with Crippen molar-refractivity contribution in [3.05, 3.63) is 77.5 Å². The molecule has 0 aliphatic carbocycles. The van der Waals surface area contributed by atoms with Crippen LogP contribution in [0.4, 0.5) is 0 Å². The number of benzene rings is 2. The molecule has 0 amide bonds. The fourth-order valence-electron chi connectivity index (χ4n) is 4.55. The average Bonchev–Trinajstić information content (AvgIpc) is 3.50. The first-order chi connectivity index (χ1) is 14.8. The van der Waals surface area contributed by atoms with Gasteiger partial charge in [0.25, 0.3) is 0 Å². The largest absolute Gasteiger partial charge is 0.496 e. The van der Waals surface area contributed by atoms with Crippen LogP contribution < -0.4 is 15.6 Å². The molecular weight excluding hydrogens is 380 g/mol. The Morgan fingerprint density at radius 2 is 1.67 bits per heavy atom. The maximum atomic E-state index is 6.31. The summed E-state index contributed by atoms with van der Waals surface area (Å²) in [5, 5.41) is 8.94. The maximum Gasteiger partial charge on any atom is 0.234 e. The molecule has 3 aromatic rings. The lowest BCUT2D eigenvalue weighted by atomic mass is 9.73. The van der Waals surface area contributed by atoms with Gasteiger partial charge in [-0.2, -0.15) is 0 Å². The van der Waals surface area contributed by atoms with Crippen LogP contribution >= 0.6 is 0 Å². The highest BCUT2D eigenvalue weighted by Crippen LogP contribution is 2.45. The molecule has 2 saturated heterocycles. The maximum absolute atomic E-state index is 6.31. The second-order valence-corrected chi connectivity index (χ2v) is 7.88. The van der Waals surface area contributed by atoms with E-state index < -0.39 is 5.41 Å². The third-order valence-electron chi connectivity index (χ3n) is 6.22. The van der Waals surface area contributed by atoms with E-state index in [0.29, 0.717) is 25.0 Å². The Bertz CT molecular complexity index is 985. The van der Waals surface area contributed by atoms with Crippen LogP contribution in [0.5, 0.6) is 5.75 Å². The van der Waals surface area contributed by atoms with E-state index in [1.165, 1.54) is 5.56 Å². The third kappa shape index (κ3) is 3.39. The standard InChI is InChI=1S/C23H26N4O3/c1-28-20-10-6-5-9-17(20)23(11-13-29-14-12-23)22-27-26-21(30-22)19-15-18(24-25-19)16-7-3-2-4-8-16/h2-10,18-19,24-25H,11-15H2,1H3. The summed E-state index contributed by atoms with van der Waals surface area (Å²) in [6, 6.07) is 18.6. The van der Waals surface area contributed by atoms with Gasteiger partial charge in [0.15, 0.2) is 0 Å². The summed E-state index contributed by atoms with van der Waals surface area (Å²) in [6.45, 7) is 1.30. The third-order valence-corrected chi connectivity index (χ3v) is 6.22. The van der Waals surface area contributed by atoms with Gasteiger partial charge in [-0.05, 0) is 30.9 Å². The van der Waals surface area contributed by atoms with E-state index in [2.05, 4.69) is 51.4 Å². The van der Waals surface area contributed by atoms with Crippen molar-refractivity contribution in [3.8, 4) is 5.75 Å². The molecule has 0 radical (unpaired) electrons. The van der Waals surface area contributed by atoms with Crippen molar-refractivity contribution >= 4 is 0 Å². The zero-order valence-corrected chi connectivity index (χ0v) is 17.0. The van der Waals surface area contributed by atoms with Crippen LogP contribution in [0, 0.1) is 0 Å². The van der Waals surface area contributed by atoms with Gasteiger partial charge in [-0.25, -0.2) is 10.9 Å². The second kappa shape index (κ2) is 8.18. The van der Waals surface area contributed by atoms with Gasteiger partial charge in [0.1, 0.15) is 11.8 Å². The molecule has 7 heteroatoms. The summed E-state index contributed by atoms with van der Waals surface area (Å²) in [7, 11) is 1.70. The molecule has 7 nitrogen and oxygen atoms in total. The van der Waals surface area contributed by atoms with E-state index in [0.717, 1.165) is 30.6 Å². The lowest BCUT2D eigenvalue weighted by Crippen LogP contribution is -2.35. The lowest BCUT2D eigenvalue weighted by Gasteiger charge is -2.35. The predicted molar refractivity (Wildman–Crippen MR) is 111 cm³/mol. The summed E-state index contributed by atoms with van der Waals surface area (Å²) < 4.78 is 17.6. The van der Waals surface area contributed by atoms with Gasteiger partial charge in [0.05, 0.1) is 12.5 Å². The summed E-state index contributed by atoms with van der Waals surface area (Å²) in [5.74, 6) is 2.08. The highest BCUT2D eigenvalue weighted by molar-refractivity contribution is 5.43. The lowest BCUT2D eigenvalue weighted by molar-refractivity contribution is 0.0530. The SMILES string of the molecule is COc1ccccc1C1(c2nnc(C3CC(c4ccccc4)NN3)o2)CCOCC1. The topological polar surface area (TPSA) is 81.4 Å². The Morgan fingerprint density at radius 1 is 0.933 bits per heavy atom. The normalized spacial score (nSPS) is 23.4. The Hall–Kier alpha value is -2.74. The number of methoxy groups -OCH3 is 1. The smallest absolute Gasteiger partial charge is 0.234 e. The van der Waals surface area contributed by atoms with E-state index in [1.807, 2.05) is 24.3 Å². The molecule has 2 atom stereocenters. The molecule has 156 valence electrons. The van der Waals surface area contributed by atoms with Gasteiger partial charge in [0, 0.05) is 24.8 Å². The molecule has 2 aromatic carbocycles. The van der Waals surface area contributed by atoms with Crippen LogP contribution in [0.3, 0.4) is 0 Å². The van der Waals surface area contributed by atoms with Gasteiger partial charge >= 0.3 is 0 Å². The molecule has 0 spiro atoms. The number of hydrogen-bond acceptors (Lipinski definition) is 7. The van der Waals surface area contributed by atoms with Crippen LogP contribution in [-0.4, -0.2) is 30.5 Å². The molecule has 0 saturated carbocycles. The van der Waals surface area contributed by atoms with E-state index >= 15 is 0 Å². The molecule has 2 N–H and O–H groups in total. The minimum atomic E-state index is -0.402. The minimum Gasteiger partial charge on any atom is -0.496 e. The molecule has 30 heavy (non-hydrogen) atoms. The number of nitrogens with zero attached hydrogens (tertiary/aromatic N) is 2. The Labute approximate surface area is 175 Å². The van der Waals surface area contributed by atoms with Gasteiger partial charge in [-0.15, -0.1) is 10.2 Å². The van der Waals surface area contributed by atoms with Gasteiger partial charge in [-0.3, -0.25) is 0 Å². The quantitative estimate of drug-likeness (QED) is 0.672. The average molecular weight is 406 g/mol. The van der Waals surface area contributed by atoms with Crippen molar-refractivity contribution in [1.29, 1.82) is 0 Å². The van der Waals surface area contributed by atoms with Gasteiger partial charge in [0.2, 0.25) is 11.8 Å². The van der Waals surface area contributed by atoms with Crippen molar-refractivity contribution in [2.45, 2.75) is 36.8 Å². The molecular formula is C23H26N4O3. The van der Waals surface area contributed by atoms with Gasteiger partial charge < -0.3 is 13.9 Å². The molecule has 1 aromatic heterocycles. The summed E-state index contributed by atoms with van der Waals surface area (Å²) in [5.41, 5.74) is 8.58. The highest BCUT2D eigenvalue weighted by atomic mass is 16.5. The monoisotopic (exact) mass is 406 g/mol. The molecule has 0 bridgehead atoms. The van der Waals surface area contributed by atoms with Crippen LogP contribution in [-0.2, 0) is 10.2 Å². The number of rotatable bonds is 5. The molecule has 3 heterocycles. The molecule has 2 aliphatic heterocycles. The van der Waals surface area contributed by atoms with Crippen molar-refractivity contribution in [1.82, 2.24) is 21.0 Å². The predicted octanol–water partition coefficient (Wildman–Crippen LogP) is 3.46. The van der Waals surface area contributed by atoms with Crippen molar-refractivity contribution in [2.24, 2.45) is 0 Å². The second-order valence-electron chi connectivity index (χ2n) is 7.88. The van der Waals surface area contributed by atoms with Crippen LogP contribution in [0.15, 0.2) is 59.0 Å². The Balaban J connectivity index is 1.44. The number of aromatic nitrogens is 2. The number of para-hydroxylation sites is 1. The van der Waals surface area contributed by atoms with Crippen molar-refractivity contribution in [3.63, 3.8) is 0 Å². The van der Waals surface area contributed by atoms with Crippen LogP contribution in [0.25, 0.3) is 0 Å². The minimum absolute atomic E-state index is 0.0361. The van der Waals surface area contributed by atoms with Crippen LogP contribution in [0.2, 0.25) is 0 Å². The van der Waals surface area contributed by atoms with Crippen LogP contribution in [0.1, 0.15) is 54.3 Å². The zero-order valence-electron chi connectivity index (χ0n) is 17.0. The zero-order chi connectivity index (χ0) is 20.4. The Kier molecular flexibility index (Phi) is 5.25. The van der Waals surface area contributed by atoms with E-state index in [1.54, 1.807) is 7.11 Å². The van der Waals surface area contributed by atoms with Gasteiger partial charge in [-0.1, -0.05) is 48.5 Å². The summed E-state index contributed by atoms with van der Waals surface area (Å²) in [6.07, 6.45) is 2.40. The molecule has 2 unspecified atom stereocenters. The Morgan fingerprint density at radius 3 is 2.47 bits per heavy atom. The van der Waals surface area contributed by atoms with E-state index in [9.17, 15) is 0 Å². The number of ether oxygens (including phenoxy) is 2. The van der Waals surface area contributed by atoms with Crippen molar-refractivity contribution in [2.75, 3.05) is 20.3 Å².